The summed E-state index contributed by atoms with van der Waals surface area (Å²) in [6, 6.07) is 10.2. The molecule has 0 aliphatic heterocycles. The van der Waals surface area contributed by atoms with E-state index in [-0.39, 0.29) is 6.04 Å². The third kappa shape index (κ3) is 2.56. The molecule has 0 fully saturated rings. The van der Waals surface area contributed by atoms with Crippen LogP contribution in [0.3, 0.4) is 0 Å². The number of halogens is 2. The van der Waals surface area contributed by atoms with E-state index in [0.717, 1.165) is 14.5 Å². The number of nitrogens with two attached hydrogens (primary N) is 1. The molecule has 2 N–H and O–H groups in total. The predicted molar refractivity (Wildman–Crippen MR) is 76.9 cm³/mol. The van der Waals surface area contributed by atoms with E-state index in [9.17, 15) is 0 Å². The monoisotopic (exact) mass is 359 g/mol. The molecule has 0 radical (unpaired) electrons. The Balaban J connectivity index is 2.31. The van der Waals surface area contributed by atoms with E-state index < -0.39 is 0 Å². The van der Waals surface area contributed by atoms with E-state index in [2.05, 4.69) is 57.0 Å². The average Bonchev–Trinajstić information content (AvgIpc) is 2.59. The largest absolute Gasteiger partial charge is 0.320 e. The lowest BCUT2D eigenvalue weighted by Gasteiger charge is -2.09. The number of hydrogen-bond donors (Lipinski definition) is 1. The minimum atomic E-state index is -0.0388. The molecule has 4 heteroatoms. The Morgan fingerprint density at radius 3 is 2.31 bits per heavy atom. The lowest BCUT2D eigenvalue weighted by Crippen LogP contribution is -2.09. The molecule has 0 spiro atoms. The summed E-state index contributed by atoms with van der Waals surface area (Å²) in [4.78, 5) is 2.45. The van der Waals surface area contributed by atoms with Gasteiger partial charge in [-0.25, -0.2) is 0 Å². The van der Waals surface area contributed by atoms with E-state index in [1.54, 1.807) is 11.3 Å². The van der Waals surface area contributed by atoms with Crippen LogP contribution in [0.1, 0.15) is 21.4 Å². The quantitative estimate of drug-likeness (QED) is 0.830. The van der Waals surface area contributed by atoms with Gasteiger partial charge in [-0.2, -0.15) is 0 Å². The van der Waals surface area contributed by atoms with Crippen LogP contribution in [-0.4, -0.2) is 0 Å². The third-order valence-electron chi connectivity index (χ3n) is 2.41. The fourth-order valence-electron chi connectivity index (χ4n) is 1.47. The van der Waals surface area contributed by atoms with Crippen molar-refractivity contribution in [3.8, 4) is 0 Å². The van der Waals surface area contributed by atoms with E-state index in [0.29, 0.717) is 0 Å². The summed E-state index contributed by atoms with van der Waals surface area (Å²) in [5.74, 6) is 0. The van der Waals surface area contributed by atoms with Crippen LogP contribution in [0.4, 0.5) is 0 Å². The van der Waals surface area contributed by atoms with E-state index in [1.165, 1.54) is 9.75 Å². The summed E-state index contributed by atoms with van der Waals surface area (Å²) in [7, 11) is 0. The van der Waals surface area contributed by atoms with Gasteiger partial charge in [-0.15, -0.1) is 11.3 Å². The summed E-state index contributed by atoms with van der Waals surface area (Å²) in [5.41, 5.74) is 7.36. The second-order valence-electron chi connectivity index (χ2n) is 3.58. The van der Waals surface area contributed by atoms with Gasteiger partial charge < -0.3 is 5.73 Å². The molecule has 0 aliphatic rings. The van der Waals surface area contributed by atoms with Gasteiger partial charge in [0, 0.05) is 18.7 Å². The van der Waals surface area contributed by atoms with Gasteiger partial charge in [0.15, 0.2) is 0 Å². The zero-order valence-electron chi connectivity index (χ0n) is 8.71. The lowest BCUT2D eigenvalue weighted by molar-refractivity contribution is 0.892. The van der Waals surface area contributed by atoms with Crippen molar-refractivity contribution < 1.29 is 0 Å². The van der Waals surface area contributed by atoms with Crippen molar-refractivity contribution in [2.24, 2.45) is 5.73 Å². The summed E-state index contributed by atoms with van der Waals surface area (Å²) < 4.78 is 2.21. The SMILES string of the molecule is Cc1sc(C(N)c2ccc(Br)cc2)cc1Br. The topological polar surface area (TPSA) is 26.0 Å². The molecule has 1 heterocycles. The van der Waals surface area contributed by atoms with Gasteiger partial charge in [0.2, 0.25) is 0 Å². The first-order valence-corrected chi connectivity index (χ1v) is 7.25. The summed E-state index contributed by atoms with van der Waals surface area (Å²) >= 11 is 8.67. The number of aryl methyl sites for hydroxylation is 1. The first-order valence-electron chi connectivity index (χ1n) is 4.85. The Bertz CT molecular complexity index is 471. The highest BCUT2D eigenvalue weighted by Gasteiger charge is 2.12. The summed E-state index contributed by atoms with van der Waals surface area (Å²) in [6.45, 7) is 2.09. The standard InChI is InChI=1S/C12H11Br2NS/c1-7-10(14)6-11(16-7)12(15)8-2-4-9(13)5-3-8/h2-6,12H,15H2,1H3. The van der Waals surface area contributed by atoms with Crippen molar-refractivity contribution in [1.29, 1.82) is 0 Å². The van der Waals surface area contributed by atoms with Gasteiger partial charge in [0.1, 0.15) is 0 Å². The van der Waals surface area contributed by atoms with Crippen LogP contribution in [0.2, 0.25) is 0 Å². The molecule has 16 heavy (non-hydrogen) atoms. The van der Waals surface area contributed by atoms with Crippen molar-refractivity contribution in [1.82, 2.24) is 0 Å². The molecule has 0 saturated carbocycles. The molecule has 1 aromatic heterocycles. The molecule has 1 unspecified atom stereocenters. The lowest BCUT2D eigenvalue weighted by atomic mass is 10.1. The van der Waals surface area contributed by atoms with Gasteiger partial charge in [0.05, 0.1) is 6.04 Å². The fraction of sp³-hybridized carbons (Fsp3) is 0.167. The maximum absolute atomic E-state index is 6.22. The number of rotatable bonds is 2. The molecule has 1 aromatic carbocycles. The number of thiophene rings is 1. The Morgan fingerprint density at radius 1 is 1.19 bits per heavy atom. The van der Waals surface area contributed by atoms with Crippen molar-refractivity contribution in [3.63, 3.8) is 0 Å². The first-order chi connectivity index (χ1) is 7.58. The van der Waals surface area contributed by atoms with E-state index >= 15 is 0 Å². The van der Waals surface area contributed by atoms with Crippen LogP contribution in [-0.2, 0) is 0 Å². The predicted octanol–water partition coefficient (Wildman–Crippen LogP) is 4.63. The Hall–Kier alpha value is -0.160. The summed E-state index contributed by atoms with van der Waals surface area (Å²) in [6.07, 6.45) is 0. The highest BCUT2D eigenvalue weighted by Crippen LogP contribution is 2.32. The van der Waals surface area contributed by atoms with Gasteiger partial charge >= 0.3 is 0 Å². The number of benzene rings is 1. The van der Waals surface area contributed by atoms with Gasteiger partial charge in [-0.3, -0.25) is 0 Å². The van der Waals surface area contributed by atoms with E-state index in [4.69, 9.17) is 5.73 Å². The molecule has 2 rings (SSSR count). The van der Waals surface area contributed by atoms with Crippen molar-refractivity contribution in [2.75, 3.05) is 0 Å². The second kappa shape index (κ2) is 5.00. The zero-order valence-corrected chi connectivity index (χ0v) is 12.7. The molecule has 84 valence electrons. The van der Waals surface area contributed by atoms with Crippen LogP contribution in [0, 0.1) is 6.92 Å². The van der Waals surface area contributed by atoms with Crippen LogP contribution >= 0.6 is 43.2 Å². The third-order valence-corrected chi connectivity index (χ3v) is 5.16. The minimum absolute atomic E-state index is 0.0388. The molecule has 2 aromatic rings. The Kier molecular flexibility index (Phi) is 3.85. The van der Waals surface area contributed by atoms with Gasteiger partial charge in [0.25, 0.3) is 0 Å². The maximum atomic E-state index is 6.22. The molecule has 0 aliphatic carbocycles. The second-order valence-corrected chi connectivity index (χ2v) is 6.64. The smallest absolute Gasteiger partial charge is 0.0646 e. The van der Waals surface area contributed by atoms with Crippen molar-refractivity contribution in [2.45, 2.75) is 13.0 Å². The molecule has 1 atom stereocenters. The first kappa shape index (κ1) is 12.3. The Labute approximate surface area is 116 Å². The molecule has 1 nitrogen and oxygen atoms in total. The molecule has 0 bridgehead atoms. The van der Waals surface area contributed by atoms with Crippen molar-refractivity contribution >= 4 is 43.2 Å². The minimum Gasteiger partial charge on any atom is -0.320 e. The Morgan fingerprint density at radius 2 is 1.81 bits per heavy atom. The molecular formula is C12H11Br2NS. The highest BCUT2D eigenvalue weighted by atomic mass is 79.9. The van der Waals surface area contributed by atoms with E-state index in [1.807, 2.05) is 12.1 Å². The van der Waals surface area contributed by atoms with Crippen LogP contribution in [0.25, 0.3) is 0 Å². The van der Waals surface area contributed by atoms with Crippen molar-refractivity contribution in [3.05, 3.63) is 54.6 Å². The van der Waals surface area contributed by atoms with Crippen LogP contribution < -0.4 is 5.73 Å². The molecular weight excluding hydrogens is 350 g/mol. The fourth-order valence-corrected chi connectivity index (χ4v) is 3.32. The molecule has 0 saturated heterocycles. The van der Waals surface area contributed by atoms with Crippen LogP contribution in [0.15, 0.2) is 39.3 Å². The summed E-state index contributed by atoms with van der Waals surface area (Å²) in [5, 5.41) is 0. The highest BCUT2D eigenvalue weighted by molar-refractivity contribution is 9.10. The zero-order chi connectivity index (χ0) is 11.7. The van der Waals surface area contributed by atoms with Gasteiger partial charge in [-0.05, 0) is 46.6 Å². The maximum Gasteiger partial charge on any atom is 0.0646 e. The average molecular weight is 361 g/mol. The number of hydrogen-bond acceptors (Lipinski definition) is 2. The van der Waals surface area contributed by atoms with Gasteiger partial charge in [-0.1, -0.05) is 28.1 Å². The normalized spacial score (nSPS) is 12.8. The van der Waals surface area contributed by atoms with Crippen LogP contribution in [0.5, 0.6) is 0 Å². The molecule has 0 amide bonds.